The molecule has 1 rings (SSSR count). The summed E-state index contributed by atoms with van der Waals surface area (Å²) in [5.41, 5.74) is 5.67. The smallest absolute Gasteiger partial charge is 0.242 e. The number of carbonyl (C=O) groups is 2. The standard InChI is InChI=1S/C12H23N3O4S/c1-8(2)11(13)12(17)14-6-10(16)15-4-5-20(18,19)7-9(15)3/h8-9,11H,4-7,13H2,1-3H3,(H,14,17)/t9?,11-/m0/s1. The summed E-state index contributed by atoms with van der Waals surface area (Å²) in [5.74, 6) is -0.715. The van der Waals surface area contributed by atoms with Gasteiger partial charge >= 0.3 is 0 Å². The van der Waals surface area contributed by atoms with Gasteiger partial charge in [0.05, 0.1) is 24.1 Å². The first-order valence-electron chi connectivity index (χ1n) is 6.67. The van der Waals surface area contributed by atoms with E-state index in [4.69, 9.17) is 5.73 Å². The van der Waals surface area contributed by atoms with Crippen LogP contribution in [0.1, 0.15) is 20.8 Å². The molecule has 0 bridgehead atoms. The summed E-state index contributed by atoms with van der Waals surface area (Å²) in [6.07, 6.45) is 0. The summed E-state index contributed by atoms with van der Waals surface area (Å²) in [4.78, 5) is 25.1. The lowest BCUT2D eigenvalue weighted by atomic mass is 10.1. The lowest BCUT2D eigenvalue weighted by Gasteiger charge is -2.33. The highest BCUT2D eigenvalue weighted by molar-refractivity contribution is 7.91. The fraction of sp³-hybridized carbons (Fsp3) is 0.833. The highest BCUT2D eigenvalue weighted by Gasteiger charge is 2.31. The van der Waals surface area contributed by atoms with Crippen molar-refractivity contribution in [3.63, 3.8) is 0 Å². The summed E-state index contributed by atoms with van der Waals surface area (Å²) in [7, 11) is -3.06. The van der Waals surface area contributed by atoms with Gasteiger partial charge < -0.3 is 16.0 Å². The largest absolute Gasteiger partial charge is 0.346 e. The lowest BCUT2D eigenvalue weighted by Crippen LogP contribution is -2.54. The van der Waals surface area contributed by atoms with E-state index in [1.165, 1.54) is 4.90 Å². The maximum absolute atomic E-state index is 12.0. The zero-order valence-electron chi connectivity index (χ0n) is 12.1. The number of nitrogens with zero attached hydrogens (tertiary/aromatic N) is 1. The Labute approximate surface area is 119 Å². The van der Waals surface area contributed by atoms with E-state index >= 15 is 0 Å². The van der Waals surface area contributed by atoms with Crippen LogP contribution in [0.4, 0.5) is 0 Å². The first-order valence-corrected chi connectivity index (χ1v) is 8.49. The van der Waals surface area contributed by atoms with Crippen molar-refractivity contribution in [1.82, 2.24) is 10.2 Å². The summed E-state index contributed by atoms with van der Waals surface area (Å²) in [6.45, 7) is 5.36. The molecule has 1 aliphatic rings. The molecule has 1 unspecified atom stereocenters. The second-order valence-corrected chi connectivity index (χ2v) is 7.77. The SMILES string of the molecule is CC(C)[C@H](N)C(=O)NCC(=O)N1CCS(=O)(=O)CC1C. The third kappa shape index (κ3) is 4.45. The van der Waals surface area contributed by atoms with Crippen LogP contribution < -0.4 is 11.1 Å². The van der Waals surface area contributed by atoms with Crippen molar-refractivity contribution >= 4 is 21.7 Å². The van der Waals surface area contributed by atoms with Crippen LogP contribution in [0, 0.1) is 5.92 Å². The number of sulfone groups is 1. The van der Waals surface area contributed by atoms with E-state index in [2.05, 4.69) is 5.32 Å². The predicted octanol–water partition coefficient (Wildman–Crippen LogP) is -1.27. The molecular formula is C12H23N3O4S. The second kappa shape index (κ2) is 6.53. The van der Waals surface area contributed by atoms with Crippen LogP contribution in [0.3, 0.4) is 0 Å². The molecule has 0 spiro atoms. The summed E-state index contributed by atoms with van der Waals surface area (Å²) >= 11 is 0. The fourth-order valence-electron chi connectivity index (χ4n) is 2.05. The van der Waals surface area contributed by atoms with Crippen molar-refractivity contribution in [3.8, 4) is 0 Å². The van der Waals surface area contributed by atoms with Crippen molar-refractivity contribution in [2.45, 2.75) is 32.9 Å². The van der Waals surface area contributed by atoms with Crippen molar-refractivity contribution < 1.29 is 18.0 Å². The molecule has 2 amide bonds. The predicted molar refractivity (Wildman–Crippen MR) is 75.7 cm³/mol. The van der Waals surface area contributed by atoms with Crippen molar-refractivity contribution in [2.75, 3.05) is 24.6 Å². The van der Waals surface area contributed by atoms with Gasteiger partial charge in [-0.2, -0.15) is 0 Å². The molecule has 1 fully saturated rings. The molecule has 20 heavy (non-hydrogen) atoms. The summed E-state index contributed by atoms with van der Waals surface area (Å²) in [6, 6.07) is -1.01. The second-order valence-electron chi connectivity index (χ2n) is 5.54. The topological polar surface area (TPSA) is 110 Å². The Hall–Kier alpha value is -1.15. The van der Waals surface area contributed by atoms with Gasteiger partial charge in [-0.25, -0.2) is 8.42 Å². The van der Waals surface area contributed by atoms with Crippen LogP contribution >= 0.6 is 0 Å². The van der Waals surface area contributed by atoms with Gasteiger partial charge in [-0.3, -0.25) is 9.59 Å². The van der Waals surface area contributed by atoms with Gasteiger partial charge in [0, 0.05) is 12.6 Å². The molecule has 0 saturated carbocycles. The minimum absolute atomic E-state index is 0.0100. The van der Waals surface area contributed by atoms with E-state index in [0.29, 0.717) is 0 Å². The number of rotatable bonds is 4. The molecule has 1 heterocycles. The van der Waals surface area contributed by atoms with Crippen molar-refractivity contribution in [2.24, 2.45) is 11.7 Å². The van der Waals surface area contributed by atoms with Crippen molar-refractivity contribution in [3.05, 3.63) is 0 Å². The number of nitrogens with one attached hydrogen (secondary N) is 1. The molecule has 0 aromatic carbocycles. The van der Waals surface area contributed by atoms with Gasteiger partial charge in [-0.05, 0) is 12.8 Å². The number of amides is 2. The van der Waals surface area contributed by atoms with Gasteiger partial charge in [0.15, 0.2) is 9.84 Å². The number of hydrogen-bond acceptors (Lipinski definition) is 5. The number of carbonyl (C=O) groups excluding carboxylic acids is 2. The Balaban J connectivity index is 2.50. The minimum atomic E-state index is -3.06. The molecular weight excluding hydrogens is 282 g/mol. The zero-order chi connectivity index (χ0) is 15.5. The van der Waals surface area contributed by atoms with E-state index in [0.717, 1.165) is 0 Å². The first-order chi connectivity index (χ1) is 9.14. The van der Waals surface area contributed by atoms with Crippen LogP contribution in [0.15, 0.2) is 0 Å². The van der Waals surface area contributed by atoms with E-state index in [1.807, 2.05) is 13.8 Å². The highest BCUT2D eigenvalue weighted by atomic mass is 32.2. The van der Waals surface area contributed by atoms with Crippen LogP contribution in [0.2, 0.25) is 0 Å². The van der Waals surface area contributed by atoms with Gasteiger partial charge in [-0.15, -0.1) is 0 Å². The average molecular weight is 305 g/mol. The molecule has 0 aromatic rings. The molecule has 1 aliphatic heterocycles. The monoisotopic (exact) mass is 305 g/mol. The van der Waals surface area contributed by atoms with Gasteiger partial charge in [0.25, 0.3) is 0 Å². The van der Waals surface area contributed by atoms with Crippen LogP contribution in [-0.4, -0.2) is 61.8 Å². The fourth-order valence-corrected chi connectivity index (χ4v) is 3.61. The number of hydrogen-bond donors (Lipinski definition) is 2. The van der Waals surface area contributed by atoms with Crippen LogP contribution in [-0.2, 0) is 19.4 Å². The Morgan fingerprint density at radius 2 is 2.00 bits per heavy atom. The number of nitrogens with two attached hydrogens (primary N) is 1. The zero-order valence-corrected chi connectivity index (χ0v) is 12.9. The maximum Gasteiger partial charge on any atom is 0.242 e. The lowest BCUT2D eigenvalue weighted by molar-refractivity contribution is -0.134. The van der Waals surface area contributed by atoms with Crippen molar-refractivity contribution in [1.29, 1.82) is 0 Å². The molecule has 0 aromatic heterocycles. The van der Waals surface area contributed by atoms with Gasteiger partial charge in [0.1, 0.15) is 0 Å². The Morgan fingerprint density at radius 1 is 1.40 bits per heavy atom. The molecule has 8 heteroatoms. The van der Waals surface area contributed by atoms with Crippen LogP contribution in [0.25, 0.3) is 0 Å². The quantitative estimate of drug-likeness (QED) is 0.673. The van der Waals surface area contributed by atoms with Gasteiger partial charge in [0.2, 0.25) is 11.8 Å². The highest BCUT2D eigenvalue weighted by Crippen LogP contribution is 2.11. The van der Waals surface area contributed by atoms with E-state index in [1.54, 1.807) is 6.92 Å². The minimum Gasteiger partial charge on any atom is -0.346 e. The molecule has 0 aliphatic carbocycles. The summed E-state index contributed by atoms with van der Waals surface area (Å²) in [5, 5.41) is 2.50. The van der Waals surface area contributed by atoms with Gasteiger partial charge in [-0.1, -0.05) is 13.8 Å². The Morgan fingerprint density at radius 3 is 2.50 bits per heavy atom. The average Bonchev–Trinajstić information content (AvgIpc) is 2.33. The molecule has 2 atom stereocenters. The van der Waals surface area contributed by atoms with Crippen LogP contribution in [0.5, 0.6) is 0 Å². The van der Waals surface area contributed by atoms with E-state index in [-0.39, 0.29) is 48.4 Å². The maximum atomic E-state index is 12.0. The summed E-state index contributed by atoms with van der Waals surface area (Å²) < 4.78 is 22.9. The molecule has 1 saturated heterocycles. The molecule has 0 radical (unpaired) electrons. The normalized spacial score (nSPS) is 23.4. The molecule has 7 nitrogen and oxygen atoms in total. The third-order valence-electron chi connectivity index (χ3n) is 3.43. The van der Waals surface area contributed by atoms with E-state index < -0.39 is 15.9 Å². The van der Waals surface area contributed by atoms with E-state index in [9.17, 15) is 18.0 Å². The Bertz CT molecular complexity index is 475. The molecule has 116 valence electrons. The molecule has 3 N–H and O–H groups in total. The first kappa shape index (κ1) is 16.9. The Kier molecular flexibility index (Phi) is 5.52. The third-order valence-corrected chi connectivity index (χ3v) is 5.22.